The summed E-state index contributed by atoms with van der Waals surface area (Å²) in [5.41, 5.74) is 17.0. The molecule has 4 N–H and O–H groups in total. The molecule has 0 heterocycles. The molecule has 6 aromatic carbocycles. The van der Waals surface area contributed by atoms with Crippen LogP contribution in [0.5, 0.6) is 0 Å². The molecule has 0 atom stereocenters. The fourth-order valence-electron chi connectivity index (χ4n) is 5.75. The van der Waals surface area contributed by atoms with Gasteiger partial charge >= 0.3 is 0 Å². The fourth-order valence-corrected chi connectivity index (χ4v) is 5.75. The fraction of sp³-hybridized carbons (Fsp3) is 0.143. The number of nitro groups is 1. The molecule has 49 heavy (non-hydrogen) atoms. The number of nitrogen functional groups attached to an aromatic ring is 1. The first-order valence-electron chi connectivity index (χ1n) is 16.2. The van der Waals surface area contributed by atoms with E-state index in [9.17, 15) is 10.1 Å². The zero-order chi connectivity index (χ0) is 34.0. The molecule has 0 aliphatic carbocycles. The summed E-state index contributed by atoms with van der Waals surface area (Å²) in [5.74, 6) is 0.760. The summed E-state index contributed by atoms with van der Waals surface area (Å²) >= 11 is 0. The Morgan fingerprint density at radius 2 is 0.939 bits per heavy atom. The maximum Gasteiger partial charge on any atom is 0.293 e. The van der Waals surface area contributed by atoms with E-state index in [1.807, 2.05) is 91.0 Å². The number of benzene rings is 6. The Morgan fingerprint density at radius 3 is 1.41 bits per heavy atom. The van der Waals surface area contributed by atoms with Gasteiger partial charge in [-0.2, -0.15) is 0 Å². The molecule has 0 amide bonds. The Kier molecular flexibility index (Phi) is 12.9. The first-order chi connectivity index (χ1) is 23.2. The van der Waals surface area contributed by atoms with Crippen molar-refractivity contribution < 1.29 is 25.3 Å². The van der Waals surface area contributed by atoms with Crippen molar-refractivity contribution in [1.82, 2.24) is 0 Å². The second kappa shape index (κ2) is 17.3. The number of rotatable bonds is 9. The predicted octanol–water partition coefficient (Wildman–Crippen LogP) is 11.9. The SMILES string of the molecule is CC(C)c1ccccc1Nc1c(-c2ccccc2)cccc1[N+](=O)[O-].CC(C)c1ccccc1Nc1c(N)cccc1-c1ccccc1.[Pd]. The second-order valence-corrected chi connectivity index (χ2v) is 12.2. The summed E-state index contributed by atoms with van der Waals surface area (Å²) in [6.07, 6.45) is 0. The molecule has 0 fully saturated rings. The summed E-state index contributed by atoms with van der Waals surface area (Å²) in [6.45, 7) is 8.62. The third-order valence-electron chi connectivity index (χ3n) is 8.19. The Balaban J connectivity index is 0.000000217. The Bertz CT molecular complexity index is 1980. The van der Waals surface area contributed by atoms with Crippen molar-refractivity contribution in [2.75, 3.05) is 16.4 Å². The molecule has 6 aromatic rings. The maximum atomic E-state index is 11.6. The van der Waals surface area contributed by atoms with Gasteiger partial charge in [0.05, 0.1) is 16.3 Å². The first-order valence-corrected chi connectivity index (χ1v) is 16.2. The third-order valence-corrected chi connectivity index (χ3v) is 8.19. The number of nitrogens with two attached hydrogens (primary N) is 1. The van der Waals surface area contributed by atoms with Gasteiger partial charge in [0.25, 0.3) is 5.69 Å². The molecule has 0 aliphatic heterocycles. The number of hydrogen-bond donors (Lipinski definition) is 3. The molecule has 0 spiro atoms. The van der Waals surface area contributed by atoms with Crippen LogP contribution in [0.1, 0.15) is 50.7 Å². The van der Waals surface area contributed by atoms with E-state index in [2.05, 4.69) is 80.8 Å². The van der Waals surface area contributed by atoms with Gasteiger partial charge in [-0.15, -0.1) is 0 Å². The van der Waals surface area contributed by atoms with E-state index < -0.39 is 0 Å². The predicted molar refractivity (Wildman–Crippen MR) is 202 cm³/mol. The van der Waals surface area contributed by atoms with Crippen LogP contribution in [0.4, 0.5) is 34.1 Å². The normalized spacial score (nSPS) is 10.5. The van der Waals surface area contributed by atoms with E-state index in [4.69, 9.17) is 5.73 Å². The summed E-state index contributed by atoms with van der Waals surface area (Å²) in [6, 6.07) is 47.6. The summed E-state index contributed by atoms with van der Waals surface area (Å²) in [7, 11) is 0. The van der Waals surface area contributed by atoms with Crippen molar-refractivity contribution >= 4 is 34.1 Å². The molecule has 6 nitrogen and oxygen atoms in total. The average molecular weight is 741 g/mol. The van der Waals surface area contributed by atoms with Crippen molar-refractivity contribution in [2.45, 2.75) is 39.5 Å². The van der Waals surface area contributed by atoms with E-state index in [0.29, 0.717) is 17.5 Å². The van der Waals surface area contributed by atoms with Crippen molar-refractivity contribution in [2.24, 2.45) is 0 Å². The van der Waals surface area contributed by atoms with E-state index >= 15 is 0 Å². The molecule has 7 heteroatoms. The average Bonchev–Trinajstić information content (AvgIpc) is 3.10. The zero-order valence-corrected chi connectivity index (χ0v) is 29.7. The topological polar surface area (TPSA) is 93.2 Å². The minimum Gasteiger partial charge on any atom is -0.397 e. The van der Waals surface area contributed by atoms with Crippen LogP contribution >= 0.6 is 0 Å². The number of nitrogens with zero attached hydrogens (tertiary/aromatic N) is 1. The minimum atomic E-state index is -0.341. The van der Waals surface area contributed by atoms with Gasteiger partial charge in [0.1, 0.15) is 5.69 Å². The van der Waals surface area contributed by atoms with Crippen LogP contribution in [0.15, 0.2) is 146 Å². The van der Waals surface area contributed by atoms with E-state index in [-0.39, 0.29) is 31.0 Å². The van der Waals surface area contributed by atoms with Gasteiger partial charge in [0.15, 0.2) is 0 Å². The first kappa shape index (κ1) is 36.6. The molecule has 0 unspecified atom stereocenters. The molecule has 0 bridgehead atoms. The van der Waals surface area contributed by atoms with Gasteiger partial charge < -0.3 is 16.4 Å². The number of hydrogen-bond acceptors (Lipinski definition) is 5. The number of nitro benzene ring substituents is 1. The number of anilines is 5. The quantitative estimate of drug-likeness (QED) is 0.0594. The van der Waals surface area contributed by atoms with Crippen molar-refractivity contribution in [3.8, 4) is 22.3 Å². The molecule has 0 saturated heterocycles. The molecular formula is C42H42N4O2Pd. The summed E-state index contributed by atoms with van der Waals surface area (Å²) < 4.78 is 0. The molecule has 0 aromatic heterocycles. The summed E-state index contributed by atoms with van der Waals surface area (Å²) in [4.78, 5) is 11.2. The van der Waals surface area contributed by atoms with Gasteiger partial charge in [-0.25, -0.2) is 0 Å². The Hall–Kier alpha value is -5.22. The van der Waals surface area contributed by atoms with Gasteiger partial charge in [-0.05, 0) is 52.3 Å². The van der Waals surface area contributed by atoms with Gasteiger partial charge in [0, 0.05) is 49.0 Å². The third kappa shape index (κ3) is 9.03. The van der Waals surface area contributed by atoms with E-state index in [0.717, 1.165) is 50.6 Å². The van der Waals surface area contributed by atoms with Crippen LogP contribution in [0.25, 0.3) is 22.3 Å². The second-order valence-electron chi connectivity index (χ2n) is 12.2. The van der Waals surface area contributed by atoms with Crippen LogP contribution in [0.3, 0.4) is 0 Å². The molecule has 252 valence electrons. The maximum absolute atomic E-state index is 11.6. The smallest absolute Gasteiger partial charge is 0.293 e. The van der Waals surface area contributed by atoms with Gasteiger partial charge in [-0.1, -0.05) is 149 Å². The molecule has 6 rings (SSSR count). The van der Waals surface area contributed by atoms with Crippen molar-refractivity contribution in [1.29, 1.82) is 0 Å². The van der Waals surface area contributed by atoms with Crippen LogP contribution < -0.4 is 16.4 Å². The standard InChI is InChI=1S/C21H20N2O2.C21H22N2.Pd/c1-15(2)17-11-6-7-13-19(17)22-21-18(16-9-4-3-5-10-16)12-8-14-20(21)23(24)25;1-15(2)17-11-6-7-14-20(17)23-21-18(12-8-13-19(21)22)16-9-4-3-5-10-16;/h3-15,22H,1-2H3;3-15,23H,22H2,1-2H3;. The van der Waals surface area contributed by atoms with E-state index in [1.54, 1.807) is 6.07 Å². The van der Waals surface area contributed by atoms with Crippen LogP contribution in [0.2, 0.25) is 0 Å². The molecular weight excluding hydrogens is 699 g/mol. The zero-order valence-electron chi connectivity index (χ0n) is 28.2. The van der Waals surface area contributed by atoms with Crippen LogP contribution in [-0.4, -0.2) is 4.92 Å². The molecule has 0 saturated carbocycles. The van der Waals surface area contributed by atoms with Crippen molar-refractivity contribution in [3.63, 3.8) is 0 Å². The van der Waals surface area contributed by atoms with Crippen LogP contribution in [0, 0.1) is 10.1 Å². The number of para-hydroxylation sites is 4. The molecule has 0 radical (unpaired) electrons. The minimum absolute atomic E-state index is 0. The molecule has 0 aliphatic rings. The largest absolute Gasteiger partial charge is 0.397 e. The summed E-state index contributed by atoms with van der Waals surface area (Å²) in [5, 5.41) is 18.5. The van der Waals surface area contributed by atoms with E-state index in [1.165, 1.54) is 11.6 Å². The van der Waals surface area contributed by atoms with Crippen LogP contribution in [-0.2, 0) is 20.4 Å². The van der Waals surface area contributed by atoms with Crippen molar-refractivity contribution in [3.05, 3.63) is 167 Å². The Morgan fingerprint density at radius 1 is 0.531 bits per heavy atom. The van der Waals surface area contributed by atoms with Gasteiger partial charge in [0.2, 0.25) is 0 Å². The van der Waals surface area contributed by atoms with Gasteiger partial charge in [-0.3, -0.25) is 10.1 Å². The Labute approximate surface area is 303 Å². The number of nitrogens with one attached hydrogen (secondary N) is 2. The monoisotopic (exact) mass is 740 g/mol.